The van der Waals surface area contributed by atoms with Crippen molar-refractivity contribution >= 4 is 0 Å². The summed E-state index contributed by atoms with van der Waals surface area (Å²) < 4.78 is 0. The fraction of sp³-hybridized carbons (Fsp3) is 1.00. The lowest BCUT2D eigenvalue weighted by Crippen LogP contribution is -2.56. The molecule has 0 saturated heterocycles. The Morgan fingerprint density at radius 2 is 1.27 bits per heavy atom. The normalized spacial score (nSPS) is 39.8. The molecule has 6 saturated carbocycles. The van der Waals surface area contributed by atoms with Crippen molar-refractivity contribution in [1.29, 1.82) is 0 Å². The zero-order chi connectivity index (χ0) is 33.6. The van der Waals surface area contributed by atoms with Crippen molar-refractivity contribution in [3.63, 3.8) is 0 Å². The fourth-order valence-corrected chi connectivity index (χ4v) is 11.8. The second-order valence-corrected chi connectivity index (χ2v) is 19.4. The van der Waals surface area contributed by atoms with E-state index in [2.05, 4.69) is 75.0 Å². The molecule has 0 aromatic heterocycles. The van der Waals surface area contributed by atoms with Crippen molar-refractivity contribution in [2.75, 3.05) is 7.05 Å². The van der Waals surface area contributed by atoms with Gasteiger partial charge in [0.15, 0.2) is 0 Å². The second kappa shape index (κ2) is 17.0. The van der Waals surface area contributed by atoms with E-state index >= 15 is 0 Å². The molecule has 0 amide bonds. The monoisotopic (exact) mass is 630 g/mol. The second-order valence-electron chi connectivity index (χ2n) is 19.4. The highest BCUT2D eigenvalue weighted by Crippen LogP contribution is 2.70. The summed E-state index contributed by atoms with van der Waals surface area (Å²) in [6.45, 7) is 24.6. The molecule has 2 heteroatoms. The van der Waals surface area contributed by atoms with Crippen LogP contribution in [0.15, 0.2) is 0 Å². The lowest BCUT2D eigenvalue weighted by molar-refractivity contribution is -0.151. The van der Waals surface area contributed by atoms with Gasteiger partial charge in [-0.3, -0.25) is 0 Å². The van der Waals surface area contributed by atoms with Crippen molar-refractivity contribution in [2.24, 2.45) is 81.2 Å². The van der Waals surface area contributed by atoms with E-state index in [0.29, 0.717) is 22.2 Å². The van der Waals surface area contributed by atoms with E-state index < -0.39 is 0 Å². The van der Waals surface area contributed by atoms with Crippen molar-refractivity contribution in [3.8, 4) is 0 Å². The SMILES string of the molecule is C1CCC1.CC(C)C(O)CCC(C)C1CCC2C3C(C)CC4CC(C)(C)CCC4(C)C3CCC12C.CC(C)C1CCCC1.CN. The average molecular weight is 630 g/mol. The summed E-state index contributed by atoms with van der Waals surface area (Å²) in [5.74, 6) is 8.82. The fourth-order valence-electron chi connectivity index (χ4n) is 11.8. The largest absolute Gasteiger partial charge is 0.393 e. The Morgan fingerprint density at radius 1 is 0.689 bits per heavy atom. The minimum Gasteiger partial charge on any atom is -0.393 e. The summed E-state index contributed by atoms with van der Waals surface area (Å²) in [6.07, 6.45) is 25.8. The first-order chi connectivity index (χ1) is 21.2. The van der Waals surface area contributed by atoms with Crippen LogP contribution in [0.25, 0.3) is 0 Å². The topological polar surface area (TPSA) is 46.2 Å². The van der Waals surface area contributed by atoms with Gasteiger partial charge in [-0.2, -0.15) is 0 Å². The van der Waals surface area contributed by atoms with E-state index in [0.717, 1.165) is 59.7 Å². The van der Waals surface area contributed by atoms with Crippen LogP contribution in [0.2, 0.25) is 0 Å². The zero-order valence-corrected chi connectivity index (χ0v) is 32.6. The maximum absolute atomic E-state index is 10.4. The van der Waals surface area contributed by atoms with Crippen LogP contribution in [-0.2, 0) is 0 Å². The molecule has 0 aromatic rings. The van der Waals surface area contributed by atoms with E-state index in [1.54, 1.807) is 0 Å². The van der Waals surface area contributed by atoms with Crippen LogP contribution < -0.4 is 5.73 Å². The maximum Gasteiger partial charge on any atom is 0.0563 e. The summed E-state index contributed by atoms with van der Waals surface area (Å²) in [6, 6.07) is 0. The maximum atomic E-state index is 10.4. The van der Waals surface area contributed by atoms with Crippen LogP contribution in [-0.4, -0.2) is 18.3 Å². The van der Waals surface area contributed by atoms with Crippen LogP contribution >= 0.6 is 0 Å². The predicted octanol–water partition coefficient (Wildman–Crippen LogP) is 12.3. The molecule has 0 bridgehead atoms. The number of rotatable bonds is 6. The van der Waals surface area contributed by atoms with E-state index in [9.17, 15) is 5.11 Å². The van der Waals surface area contributed by atoms with Gasteiger partial charge in [0.1, 0.15) is 0 Å². The molecule has 6 fully saturated rings. The lowest BCUT2D eigenvalue weighted by Gasteiger charge is -2.64. The molecule has 266 valence electrons. The first-order valence-electron chi connectivity index (χ1n) is 20.5. The average Bonchev–Trinajstić information content (AvgIpc) is 3.61. The van der Waals surface area contributed by atoms with Crippen molar-refractivity contribution in [1.82, 2.24) is 0 Å². The molecule has 6 aliphatic rings. The standard InChI is InChI=1S/C30H54O.C8H16.C4H8.CH5N/c1-19(2)26(31)12-9-20(3)23-10-11-24-27-21(4)17-22-18-28(5,6)15-16-29(22,7)25(27)13-14-30(23,24)8;1-7(2)8-5-3-4-6-8;1-2-4-3-1;1-2/h19-27,31H,9-18H2,1-8H3;7-8H,3-6H2,1-2H3;1-4H2;2H2,1H3. The van der Waals surface area contributed by atoms with Gasteiger partial charge in [-0.25, -0.2) is 0 Å². The van der Waals surface area contributed by atoms with E-state index in [4.69, 9.17) is 0 Å². The van der Waals surface area contributed by atoms with Gasteiger partial charge in [-0.15, -0.1) is 0 Å². The Bertz CT molecular complexity index is 835. The molecular weight excluding hydrogens is 546 g/mol. The number of aliphatic hydroxyl groups excluding tert-OH is 1. The molecule has 0 radical (unpaired) electrons. The number of nitrogens with two attached hydrogens (primary N) is 1. The first kappa shape index (κ1) is 39.4. The van der Waals surface area contributed by atoms with E-state index in [-0.39, 0.29) is 6.10 Å². The Labute approximate surface area is 283 Å². The van der Waals surface area contributed by atoms with Gasteiger partial charge in [0.05, 0.1) is 6.10 Å². The molecule has 6 rings (SSSR count). The minimum absolute atomic E-state index is 0.117. The van der Waals surface area contributed by atoms with Crippen molar-refractivity contribution < 1.29 is 5.11 Å². The van der Waals surface area contributed by atoms with E-state index in [1.165, 1.54) is 116 Å². The Morgan fingerprint density at radius 3 is 1.78 bits per heavy atom. The van der Waals surface area contributed by atoms with Crippen molar-refractivity contribution in [2.45, 2.75) is 191 Å². The minimum atomic E-state index is -0.117. The Hall–Kier alpha value is -0.0800. The molecule has 10 atom stereocenters. The molecule has 2 nitrogen and oxygen atoms in total. The number of hydrogen-bond donors (Lipinski definition) is 2. The van der Waals surface area contributed by atoms with Gasteiger partial charge in [-0.1, -0.05) is 121 Å². The van der Waals surface area contributed by atoms with Crippen LogP contribution in [0.1, 0.15) is 185 Å². The molecule has 0 spiro atoms. The van der Waals surface area contributed by atoms with Crippen LogP contribution in [0, 0.1) is 75.4 Å². The van der Waals surface area contributed by atoms with Gasteiger partial charge in [0.2, 0.25) is 0 Å². The molecule has 0 aliphatic heterocycles. The molecular formula is C43H83NO. The smallest absolute Gasteiger partial charge is 0.0563 e. The summed E-state index contributed by atoms with van der Waals surface area (Å²) in [5, 5.41) is 10.4. The Kier molecular flexibility index (Phi) is 14.9. The molecule has 6 aliphatic carbocycles. The van der Waals surface area contributed by atoms with Crippen LogP contribution in [0.4, 0.5) is 0 Å². The van der Waals surface area contributed by atoms with Crippen LogP contribution in [0.3, 0.4) is 0 Å². The highest BCUT2D eigenvalue weighted by molar-refractivity contribution is 5.11. The molecule has 0 heterocycles. The molecule has 3 N–H and O–H groups in total. The Balaban J connectivity index is 0.000000325. The summed E-state index contributed by atoms with van der Waals surface area (Å²) in [5.41, 5.74) is 6.22. The van der Waals surface area contributed by atoms with Gasteiger partial charge in [0.25, 0.3) is 0 Å². The zero-order valence-electron chi connectivity index (χ0n) is 32.6. The third-order valence-corrected chi connectivity index (χ3v) is 15.4. The number of aliphatic hydroxyl groups is 1. The third kappa shape index (κ3) is 9.34. The summed E-state index contributed by atoms with van der Waals surface area (Å²) >= 11 is 0. The molecule has 0 aromatic carbocycles. The van der Waals surface area contributed by atoms with Gasteiger partial charge in [0, 0.05) is 0 Å². The number of hydrogen-bond acceptors (Lipinski definition) is 2. The first-order valence-corrected chi connectivity index (χ1v) is 20.5. The summed E-state index contributed by atoms with van der Waals surface area (Å²) in [4.78, 5) is 0. The van der Waals surface area contributed by atoms with Crippen molar-refractivity contribution in [3.05, 3.63) is 0 Å². The molecule has 10 unspecified atom stereocenters. The van der Waals surface area contributed by atoms with Gasteiger partial charge >= 0.3 is 0 Å². The number of fused-ring (bicyclic) bond motifs is 5. The lowest BCUT2D eigenvalue weighted by atomic mass is 9.41. The van der Waals surface area contributed by atoms with Gasteiger partial charge < -0.3 is 10.8 Å². The molecule has 45 heavy (non-hydrogen) atoms. The quantitative estimate of drug-likeness (QED) is 0.307. The van der Waals surface area contributed by atoms with E-state index in [1.807, 2.05) is 0 Å². The predicted molar refractivity (Wildman–Crippen MR) is 198 cm³/mol. The third-order valence-electron chi connectivity index (χ3n) is 15.4. The summed E-state index contributed by atoms with van der Waals surface area (Å²) in [7, 11) is 1.50. The highest BCUT2D eigenvalue weighted by Gasteiger charge is 2.62. The van der Waals surface area contributed by atoms with Gasteiger partial charge in [-0.05, 0) is 147 Å². The van der Waals surface area contributed by atoms with Crippen LogP contribution in [0.5, 0.6) is 0 Å². The highest BCUT2D eigenvalue weighted by atomic mass is 16.3.